The van der Waals surface area contributed by atoms with Crippen molar-refractivity contribution >= 4 is 35.1 Å². The third kappa shape index (κ3) is 10.9. The van der Waals surface area contributed by atoms with Gasteiger partial charge in [0.2, 0.25) is 5.91 Å². The standard InChI is InChI=1S/C41H52Cl2N4O9/c42-32-20-26(24-55-41(14-15-41)31-21-44-16-11-29(31)30-6-2-3-7-36(30)56-28-9-10-28)33(43)19-25(32)5-1-4-8-37(51)47-17-12-27(13-18-47)46-40(54)45-22-34(49)38(52)39(53)35(50)23-48/h2-3,6-7,11,16,19-21,27-28,34-35,38-39,48-50,52-53H,1,4-5,8-10,12-15,17-18,22-24H2,(H2,45,46,54)/t34-,35+,38+,39+/m1/s1. The van der Waals surface area contributed by atoms with Crippen molar-refractivity contribution in [3.05, 3.63) is 81.6 Å². The third-order valence-corrected chi connectivity index (χ3v) is 11.5. The Morgan fingerprint density at radius 2 is 1.61 bits per heavy atom. The van der Waals surface area contributed by atoms with Gasteiger partial charge >= 0.3 is 6.03 Å². The SMILES string of the molecule is O=C(NC[C@@H](O)[C@H](O)[C@@H](O)[C@@H](O)CO)NC1CCN(C(=O)CCCCc2cc(Cl)c(COC3(c4cnccc4-c4ccccc4OC4CC4)CC3)cc2Cl)CC1. The average molecular weight is 816 g/mol. The van der Waals surface area contributed by atoms with Crippen molar-refractivity contribution in [3.8, 4) is 16.9 Å². The molecule has 4 atom stereocenters. The highest BCUT2D eigenvalue weighted by Crippen LogP contribution is 2.53. The van der Waals surface area contributed by atoms with E-state index in [0.29, 0.717) is 61.8 Å². The van der Waals surface area contributed by atoms with Crippen LogP contribution in [0, 0.1) is 0 Å². The van der Waals surface area contributed by atoms with Crippen LogP contribution in [0.1, 0.15) is 74.5 Å². The molecule has 1 aliphatic heterocycles. The lowest BCUT2D eigenvalue weighted by molar-refractivity contribution is -0.132. The molecule has 2 saturated carbocycles. The molecule has 0 bridgehead atoms. The number of hydrogen-bond acceptors (Lipinski definition) is 10. The first-order chi connectivity index (χ1) is 27.0. The van der Waals surface area contributed by atoms with Crippen molar-refractivity contribution in [3.63, 3.8) is 0 Å². The molecule has 2 heterocycles. The minimum atomic E-state index is -1.77. The molecule has 0 radical (unpaired) electrons. The van der Waals surface area contributed by atoms with Crippen molar-refractivity contribution in [1.82, 2.24) is 20.5 Å². The zero-order chi connectivity index (χ0) is 39.8. The molecule has 7 N–H and O–H groups in total. The molecule has 0 unspecified atom stereocenters. The van der Waals surface area contributed by atoms with Gasteiger partial charge in [0, 0.05) is 65.7 Å². The van der Waals surface area contributed by atoms with E-state index in [9.17, 15) is 30.0 Å². The van der Waals surface area contributed by atoms with Crippen LogP contribution in [0.3, 0.4) is 0 Å². The first kappa shape index (κ1) is 42.1. The van der Waals surface area contributed by atoms with Gasteiger partial charge < -0.3 is 50.5 Å². The highest BCUT2D eigenvalue weighted by Gasteiger charge is 2.48. The van der Waals surface area contributed by atoms with E-state index >= 15 is 0 Å². The number of aliphatic hydroxyl groups is 5. The number of aromatic nitrogens is 1. The van der Waals surface area contributed by atoms with Crippen LogP contribution in [0.25, 0.3) is 11.1 Å². The highest BCUT2D eigenvalue weighted by molar-refractivity contribution is 6.34. The number of carbonyl (C=O) groups is 2. The van der Waals surface area contributed by atoms with Gasteiger partial charge in [-0.15, -0.1) is 0 Å². The summed E-state index contributed by atoms with van der Waals surface area (Å²) < 4.78 is 12.8. The number of aliphatic hydroxyl groups excluding tert-OH is 5. The number of para-hydroxylation sites is 1. The molecule has 15 heteroatoms. The summed E-state index contributed by atoms with van der Waals surface area (Å²) in [6, 6.07) is 13.2. The summed E-state index contributed by atoms with van der Waals surface area (Å²) in [5.41, 5.74) is 4.40. The molecule has 13 nitrogen and oxygen atoms in total. The van der Waals surface area contributed by atoms with Gasteiger partial charge in [-0.05, 0) is 98.7 Å². The quantitative estimate of drug-likeness (QED) is 0.0862. The van der Waals surface area contributed by atoms with Gasteiger partial charge in [0.15, 0.2) is 0 Å². The van der Waals surface area contributed by atoms with Crippen LogP contribution in [-0.4, -0.2) is 110 Å². The summed E-state index contributed by atoms with van der Waals surface area (Å²) in [7, 11) is 0. The Morgan fingerprint density at radius 1 is 0.911 bits per heavy atom. The number of ether oxygens (including phenoxy) is 2. The Kier molecular flexibility index (Phi) is 14.5. The number of benzene rings is 2. The molecule has 3 fully saturated rings. The number of aryl methyl sites for hydroxylation is 1. The number of pyridine rings is 1. The van der Waals surface area contributed by atoms with E-state index in [1.165, 1.54) is 0 Å². The van der Waals surface area contributed by atoms with E-state index in [1.54, 1.807) is 11.1 Å². The molecular formula is C41H52Cl2N4O9. The number of halogens is 2. The first-order valence-corrected chi connectivity index (χ1v) is 20.2. The molecule has 3 aromatic rings. The predicted octanol–water partition coefficient (Wildman–Crippen LogP) is 4.24. The van der Waals surface area contributed by atoms with Crippen molar-refractivity contribution in [2.75, 3.05) is 26.2 Å². The first-order valence-electron chi connectivity index (χ1n) is 19.4. The zero-order valence-electron chi connectivity index (χ0n) is 31.3. The Bertz CT molecular complexity index is 1800. The fourth-order valence-corrected chi connectivity index (χ4v) is 7.56. The topological polar surface area (TPSA) is 194 Å². The number of nitrogens with zero attached hydrogens (tertiary/aromatic N) is 2. The maximum Gasteiger partial charge on any atom is 0.315 e. The van der Waals surface area contributed by atoms with E-state index in [2.05, 4.69) is 21.7 Å². The predicted molar refractivity (Wildman–Crippen MR) is 210 cm³/mol. The number of amides is 3. The maximum atomic E-state index is 12.9. The molecule has 1 aromatic heterocycles. The smallest absolute Gasteiger partial charge is 0.315 e. The molecule has 56 heavy (non-hydrogen) atoms. The minimum absolute atomic E-state index is 0.0509. The second-order valence-electron chi connectivity index (χ2n) is 15.1. The van der Waals surface area contributed by atoms with Gasteiger partial charge in [0.25, 0.3) is 0 Å². The van der Waals surface area contributed by atoms with Gasteiger partial charge in [-0.1, -0.05) is 41.4 Å². The molecule has 1 saturated heterocycles. The Morgan fingerprint density at radius 3 is 2.32 bits per heavy atom. The molecule has 3 aliphatic rings. The lowest BCUT2D eigenvalue weighted by Crippen LogP contribution is -2.53. The van der Waals surface area contributed by atoms with Crippen LogP contribution in [0.15, 0.2) is 54.9 Å². The fraction of sp³-hybridized carbons (Fsp3) is 0.537. The van der Waals surface area contributed by atoms with Crippen molar-refractivity contribution < 1.29 is 44.6 Å². The van der Waals surface area contributed by atoms with Crippen molar-refractivity contribution in [1.29, 1.82) is 0 Å². The van der Waals surface area contributed by atoms with Crippen LogP contribution in [0.2, 0.25) is 10.0 Å². The number of carbonyl (C=O) groups excluding carboxylic acids is 2. The summed E-state index contributed by atoms with van der Waals surface area (Å²) in [6.07, 6.45) is 4.80. The van der Waals surface area contributed by atoms with Crippen molar-refractivity contribution in [2.45, 2.75) is 113 Å². The van der Waals surface area contributed by atoms with Crippen LogP contribution in [0.5, 0.6) is 5.75 Å². The summed E-state index contributed by atoms with van der Waals surface area (Å²) >= 11 is 13.5. The van der Waals surface area contributed by atoms with E-state index in [4.69, 9.17) is 37.8 Å². The Balaban J connectivity index is 0.916. The number of rotatable bonds is 19. The molecule has 6 rings (SSSR count). The molecule has 2 aliphatic carbocycles. The van der Waals surface area contributed by atoms with E-state index in [-0.39, 0.29) is 24.6 Å². The Labute approximate surface area is 336 Å². The van der Waals surface area contributed by atoms with Gasteiger partial charge in [-0.2, -0.15) is 0 Å². The summed E-state index contributed by atoms with van der Waals surface area (Å²) in [5.74, 6) is 0.929. The molecule has 3 amide bonds. The maximum absolute atomic E-state index is 12.9. The summed E-state index contributed by atoms with van der Waals surface area (Å²) in [6.45, 7) is 0.117. The minimum Gasteiger partial charge on any atom is -0.490 e. The van der Waals surface area contributed by atoms with Gasteiger partial charge in [-0.25, -0.2) is 4.79 Å². The Hall–Kier alpha value is -3.53. The van der Waals surface area contributed by atoms with Crippen molar-refractivity contribution in [2.24, 2.45) is 0 Å². The number of piperidine rings is 1. The van der Waals surface area contributed by atoms with Gasteiger partial charge in [0.1, 0.15) is 24.1 Å². The normalized spacial score (nSPS) is 18.8. The third-order valence-electron chi connectivity index (χ3n) is 10.8. The lowest BCUT2D eigenvalue weighted by atomic mass is 9.96. The van der Waals surface area contributed by atoms with Crippen LogP contribution < -0.4 is 15.4 Å². The molecule has 2 aromatic carbocycles. The molecule has 304 valence electrons. The number of urea groups is 1. The van der Waals surface area contributed by atoms with Gasteiger partial charge in [0.05, 0.1) is 31.0 Å². The van der Waals surface area contributed by atoms with E-state index in [1.807, 2.05) is 42.6 Å². The van der Waals surface area contributed by atoms with Crippen LogP contribution in [0.4, 0.5) is 4.79 Å². The van der Waals surface area contributed by atoms with E-state index < -0.39 is 42.7 Å². The number of hydrogen-bond donors (Lipinski definition) is 7. The fourth-order valence-electron chi connectivity index (χ4n) is 7.04. The van der Waals surface area contributed by atoms with Crippen LogP contribution in [-0.2, 0) is 28.2 Å². The largest absolute Gasteiger partial charge is 0.490 e. The second-order valence-corrected chi connectivity index (χ2v) is 15.9. The second kappa shape index (κ2) is 19.3. The number of nitrogens with one attached hydrogen (secondary N) is 2. The van der Waals surface area contributed by atoms with E-state index in [0.717, 1.165) is 65.7 Å². The monoisotopic (exact) mass is 814 g/mol. The molecule has 0 spiro atoms. The number of unbranched alkanes of at least 4 members (excludes halogenated alkanes) is 1. The molecular weight excluding hydrogens is 763 g/mol. The highest BCUT2D eigenvalue weighted by atomic mass is 35.5. The number of likely N-dealkylation sites (tertiary alicyclic amines) is 1. The van der Waals surface area contributed by atoms with Crippen LogP contribution >= 0.6 is 23.2 Å². The summed E-state index contributed by atoms with van der Waals surface area (Å²) in [4.78, 5) is 31.5. The average Bonchev–Trinajstić information content (AvgIpc) is 4.16. The zero-order valence-corrected chi connectivity index (χ0v) is 32.8. The summed E-state index contributed by atoms with van der Waals surface area (Å²) in [5, 5.41) is 54.4. The lowest BCUT2D eigenvalue weighted by Gasteiger charge is -2.32. The van der Waals surface area contributed by atoms with Gasteiger partial charge in [-0.3, -0.25) is 9.78 Å².